The molecule has 0 bridgehead atoms. The second-order valence-electron chi connectivity index (χ2n) is 4.47. The SMILES string of the molecule is O=C(CC1CCCCO1)Nc1cnccc1C(=O)O. The van der Waals surface area contributed by atoms with E-state index in [4.69, 9.17) is 9.84 Å². The molecule has 2 N–H and O–H groups in total. The molecule has 1 aromatic rings. The van der Waals surface area contributed by atoms with Crippen molar-refractivity contribution in [1.82, 2.24) is 4.98 Å². The molecule has 102 valence electrons. The number of hydrogen-bond acceptors (Lipinski definition) is 4. The van der Waals surface area contributed by atoms with Gasteiger partial charge in [0, 0.05) is 12.8 Å². The monoisotopic (exact) mass is 264 g/mol. The molecule has 1 amide bonds. The number of pyridine rings is 1. The maximum absolute atomic E-state index is 11.8. The van der Waals surface area contributed by atoms with Gasteiger partial charge in [0.2, 0.25) is 5.91 Å². The first-order valence-corrected chi connectivity index (χ1v) is 6.25. The first kappa shape index (κ1) is 13.5. The first-order valence-electron chi connectivity index (χ1n) is 6.25. The number of aromatic nitrogens is 1. The van der Waals surface area contributed by atoms with Gasteiger partial charge in [0.1, 0.15) is 0 Å². The van der Waals surface area contributed by atoms with Gasteiger partial charge >= 0.3 is 5.97 Å². The number of carbonyl (C=O) groups excluding carboxylic acids is 1. The van der Waals surface area contributed by atoms with Crippen LogP contribution in [-0.2, 0) is 9.53 Å². The number of carboxylic acid groups (broad SMARTS) is 1. The second-order valence-corrected chi connectivity index (χ2v) is 4.47. The van der Waals surface area contributed by atoms with Gasteiger partial charge in [0.25, 0.3) is 0 Å². The number of carbonyl (C=O) groups is 2. The van der Waals surface area contributed by atoms with Crippen molar-refractivity contribution in [3.8, 4) is 0 Å². The average Bonchev–Trinajstić information content (AvgIpc) is 2.40. The van der Waals surface area contributed by atoms with Crippen LogP contribution in [0.5, 0.6) is 0 Å². The largest absolute Gasteiger partial charge is 0.478 e. The Morgan fingerprint density at radius 3 is 3.00 bits per heavy atom. The molecule has 2 rings (SSSR count). The molecule has 0 spiro atoms. The van der Waals surface area contributed by atoms with Crippen molar-refractivity contribution in [3.05, 3.63) is 24.0 Å². The van der Waals surface area contributed by atoms with Crippen LogP contribution in [-0.4, -0.2) is 34.7 Å². The van der Waals surface area contributed by atoms with E-state index < -0.39 is 5.97 Å². The van der Waals surface area contributed by atoms with Crippen molar-refractivity contribution in [2.24, 2.45) is 0 Å². The molecule has 0 aromatic carbocycles. The normalized spacial score (nSPS) is 18.8. The van der Waals surface area contributed by atoms with E-state index in [1.807, 2.05) is 0 Å². The van der Waals surface area contributed by atoms with E-state index in [-0.39, 0.29) is 29.7 Å². The average molecular weight is 264 g/mol. The van der Waals surface area contributed by atoms with E-state index in [0.717, 1.165) is 19.3 Å². The molecule has 1 atom stereocenters. The fourth-order valence-corrected chi connectivity index (χ4v) is 2.06. The Bertz CT molecular complexity index is 469. The number of aromatic carboxylic acids is 1. The molecular weight excluding hydrogens is 248 g/mol. The molecule has 0 saturated carbocycles. The minimum atomic E-state index is -1.09. The molecule has 1 aliphatic rings. The van der Waals surface area contributed by atoms with Crippen molar-refractivity contribution >= 4 is 17.6 Å². The summed E-state index contributed by atoms with van der Waals surface area (Å²) in [7, 11) is 0. The highest BCUT2D eigenvalue weighted by Crippen LogP contribution is 2.18. The summed E-state index contributed by atoms with van der Waals surface area (Å²) in [6, 6.07) is 1.36. The fourth-order valence-electron chi connectivity index (χ4n) is 2.06. The number of ether oxygens (including phenoxy) is 1. The van der Waals surface area contributed by atoms with Crippen molar-refractivity contribution in [2.45, 2.75) is 31.8 Å². The van der Waals surface area contributed by atoms with Crippen molar-refractivity contribution in [2.75, 3.05) is 11.9 Å². The van der Waals surface area contributed by atoms with Gasteiger partial charge in [-0.2, -0.15) is 0 Å². The lowest BCUT2D eigenvalue weighted by molar-refractivity contribution is -0.119. The molecule has 0 aliphatic carbocycles. The molecule has 19 heavy (non-hydrogen) atoms. The van der Waals surface area contributed by atoms with E-state index in [9.17, 15) is 9.59 Å². The van der Waals surface area contributed by atoms with Crippen LogP contribution in [0.4, 0.5) is 5.69 Å². The molecule has 6 nitrogen and oxygen atoms in total. The standard InChI is InChI=1S/C13H16N2O4/c16-12(7-9-3-1-2-6-19-9)15-11-8-14-5-4-10(11)13(17)18/h4-5,8-9H,1-3,6-7H2,(H,15,16)(H,17,18). The highest BCUT2D eigenvalue weighted by Gasteiger charge is 2.19. The predicted molar refractivity (Wildman–Crippen MR) is 68.0 cm³/mol. The Labute approximate surface area is 110 Å². The van der Waals surface area contributed by atoms with Gasteiger partial charge in [-0.15, -0.1) is 0 Å². The minimum Gasteiger partial charge on any atom is -0.478 e. The van der Waals surface area contributed by atoms with Gasteiger partial charge < -0.3 is 15.2 Å². The van der Waals surface area contributed by atoms with Crippen molar-refractivity contribution in [3.63, 3.8) is 0 Å². The maximum atomic E-state index is 11.8. The highest BCUT2D eigenvalue weighted by atomic mass is 16.5. The molecule has 1 fully saturated rings. The van der Waals surface area contributed by atoms with E-state index in [1.165, 1.54) is 18.5 Å². The predicted octanol–water partition coefficient (Wildman–Crippen LogP) is 1.68. The molecule has 2 heterocycles. The third-order valence-corrected chi connectivity index (χ3v) is 3.01. The van der Waals surface area contributed by atoms with Gasteiger partial charge in [-0.1, -0.05) is 0 Å². The number of carboxylic acids is 1. The van der Waals surface area contributed by atoms with Crippen LogP contribution in [0.3, 0.4) is 0 Å². The fraction of sp³-hybridized carbons (Fsp3) is 0.462. The zero-order valence-electron chi connectivity index (χ0n) is 10.5. The topological polar surface area (TPSA) is 88.5 Å². The summed E-state index contributed by atoms with van der Waals surface area (Å²) in [5.74, 6) is -1.34. The molecule has 1 saturated heterocycles. The van der Waals surface area contributed by atoms with Crippen LogP contribution < -0.4 is 5.32 Å². The Hall–Kier alpha value is -1.95. The molecule has 1 aliphatic heterocycles. The molecule has 0 radical (unpaired) electrons. The zero-order chi connectivity index (χ0) is 13.7. The number of rotatable bonds is 4. The summed E-state index contributed by atoms with van der Waals surface area (Å²) >= 11 is 0. The lowest BCUT2D eigenvalue weighted by Gasteiger charge is -2.22. The van der Waals surface area contributed by atoms with Gasteiger partial charge in [-0.25, -0.2) is 4.79 Å². The van der Waals surface area contributed by atoms with E-state index in [2.05, 4.69) is 10.3 Å². The van der Waals surface area contributed by atoms with Gasteiger partial charge in [0.05, 0.1) is 30.0 Å². The zero-order valence-corrected chi connectivity index (χ0v) is 10.5. The van der Waals surface area contributed by atoms with Crippen LogP contribution in [0, 0.1) is 0 Å². The quantitative estimate of drug-likeness (QED) is 0.863. The lowest BCUT2D eigenvalue weighted by Crippen LogP contribution is -2.26. The number of nitrogens with zero attached hydrogens (tertiary/aromatic N) is 1. The van der Waals surface area contributed by atoms with E-state index in [0.29, 0.717) is 6.61 Å². The minimum absolute atomic E-state index is 0.0351. The van der Waals surface area contributed by atoms with Crippen molar-refractivity contribution < 1.29 is 19.4 Å². The molecule has 1 unspecified atom stereocenters. The summed E-state index contributed by atoms with van der Waals surface area (Å²) in [5.41, 5.74) is 0.253. The number of anilines is 1. The van der Waals surface area contributed by atoms with Crippen molar-refractivity contribution in [1.29, 1.82) is 0 Å². The summed E-state index contributed by atoms with van der Waals surface area (Å²) in [6.07, 6.45) is 5.85. The Morgan fingerprint density at radius 2 is 2.32 bits per heavy atom. The Balaban J connectivity index is 1.96. The third kappa shape index (κ3) is 3.75. The summed E-state index contributed by atoms with van der Waals surface area (Å²) in [5, 5.41) is 11.6. The Kier molecular flexibility index (Phi) is 4.46. The Morgan fingerprint density at radius 1 is 1.47 bits per heavy atom. The highest BCUT2D eigenvalue weighted by molar-refractivity contribution is 6.00. The van der Waals surface area contributed by atoms with Crippen LogP contribution in [0.2, 0.25) is 0 Å². The smallest absolute Gasteiger partial charge is 0.337 e. The third-order valence-electron chi connectivity index (χ3n) is 3.01. The van der Waals surface area contributed by atoms with Crippen LogP contribution in [0.1, 0.15) is 36.0 Å². The van der Waals surface area contributed by atoms with Gasteiger partial charge in [-0.05, 0) is 25.3 Å². The van der Waals surface area contributed by atoms with E-state index >= 15 is 0 Å². The number of hydrogen-bond donors (Lipinski definition) is 2. The lowest BCUT2D eigenvalue weighted by atomic mass is 10.1. The van der Waals surface area contributed by atoms with Gasteiger partial charge in [0.15, 0.2) is 0 Å². The number of amides is 1. The van der Waals surface area contributed by atoms with Gasteiger partial charge in [-0.3, -0.25) is 9.78 Å². The number of nitrogens with one attached hydrogen (secondary N) is 1. The van der Waals surface area contributed by atoms with E-state index in [1.54, 1.807) is 0 Å². The second kappa shape index (κ2) is 6.29. The van der Waals surface area contributed by atoms with Crippen LogP contribution in [0.15, 0.2) is 18.5 Å². The molecule has 6 heteroatoms. The van der Waals surface area contributed by atoms with Crippen LogP contribution in [0.25, 0.3) is 0 Å². The van der Waals surface area contributed by atoms with Crippen LogP contribution >= 0.6 is 0 Å². The first-order chi connectivity index (χ1) is 9.16. The summed E-state index contributed by atoms with van der Waals surface area (Å²) in [4.78, 5) is 26.7. The summed E-state index contributed by atoms with van der Waals surface area (Å²) in [6.45, 7) is 0.686. The maximum Gasteiger partial charge on any atom is 0.337 e. The molecule has 1 aromatic heterocycles. The molecular formula is C13H16N2O4. The summed E-state index contributed by atoms with van der Waals surface area (Å²) < 4.78 is 5.47.